The van der Waals surface area contributed by atoms with Gasteiger partial charge in [0.05, 0.1) is 13.1 Å². The molecule has 0 heterocycles. The van der Waals surface area contributed by atoms with Crippen LogP contribution in [0.4, 0.5) is 5.69 Å². The maximum atomic E-state index is 12.9. The van der Waals surface area contributed by atoms with Gasteiger partial charge in [0.25, 0.3) is 11.8 Å². The van der Waals surface area contributed by atoms with E-state index in [9.17, 15) is 9.59 Å². The molecule has 2 amide bonds. The van der Waals surface area contributed by atoms with Crippen LogP contribution in [0.15, 0.2) is 42.5 Å². The number of nitrogens with one attached hydrogen (secondary N) is 3. The minimum Gasteiger partial charge on any atom is -0.344 e. The number of anilines is 1. The Morgan fingerprint density at radius 3 is 2.20 bits per heavy atom. The molecule has 2 aromatic rings. The van der Waals surface area contributed by atoms with Crippen LogP contribution in [0.5, 0.6) is 0 Å². The summed E-state index contributed by atoms with van der Waals surface area (Å²) in [5, 5.41) is 6.20. The molecule has 2 aromatic carbocycles. The van der Waals surface area contributed by atoms with Gasteiger partial charge in [-0.1, -0.05) is 61.4 Å². The largest absolute Gasteiger partial charge is 0.344 e. The van der Waals surface area contributed by atoms with Crippen LogP contribution in [-0.2, 0) is 9.59 Å². The van der Waals surface area contributed by atoms with Crippen molar-refractivity contribution >= 4 is 17.5 Å². The van der Waals surface area contributed by atoms with Crippen molar-refractivity contribution in [2.75, 3.05) is 18.9 Å². The van der Waals surface area contributed by atoms with Crippen LogP contribution in [-0.4, -0.2) is 31.4 Å². The van der Waals surface area contributed by atoms with Gasteiger partial charge in [-0.15, -0.1) is 0 Å². The molecule has 2 rings (SSSR count). The first-order valence-electron chi connectivity index (χ1n) is 10.8. The van der Waals surface area contributed by atoms with Gasteiger partial charge >= 0.3 is 0 Å². The number of benzene rings is 2. The SMILES string of the molecule is CCC[C@@H](NC(=O)[C@H](C)[NH+](C)CC(=O)Nc1c(C)cc(C)cc1C)c1ccccc1. The van der Waals surface area contributed by atoms with Crippen LogP contribution in [0, 0.1) is 20.8 Å². The average Bonchev–Trinajstić information content (AvgIpc) is 2.70. The molecule has 30 heavy (non-hydrogen) atoms. The number of amides is 2. The van der Waals surface area contributed by atoms with Crippen molar-refractivity contribution in [1.82, 2.24) is 5.32 Å². The van der Waals surface area contributed by atoms with E-state index in [4.69, 9.17) is 0 Å². The van der Waals surface area contributed by atoms with E-state index < -0.39 is 0 Å². The van der Waals surface area contributed by atoms with E-state index in [0.29, 0.717) is 0 Å². The van der Waals surface area contributed by atoms with E-state index in [-0.39, 0.29) is 30.4 Å². The lowest BCUT2D eigenvalue weighted by Crippen LogP contribution is -3.15. The first-order valence-corrected chi connectivity index (χ1v) is 10.8. The van der Waals surface area contributed by atoms with Crippen molar-refractivity contribution in [3.8, 4) is 0 Å². The van der Waals surface area contributed by atoms with Crippen molar-refractivity contribution in [1.29, 1.82) is 0 Å². The maximum Gasteiger partial charge on any atom is 0.279 e. The third kappa shape index (κ3) is 6.42. The Kier molecular flexibility index (Phi) is 8.60. The van der Waals surface area contributed by atoms with Crippen LogP contribution >= 0.6 is 0 Å². The van der Waals surface area contributed by atoms with E-state index in [1.165, 1.54) is 5.56 Å². The van der Waals surface area contributed by atoms with Gasteiger partial charge in [0.2, 0.25) is 0 Å². The molecule has 0 aromatic heterocycles. The minimum atomic E-state index is -0.334. The molecular formula is C25H36N3O2+. The number of hydrogen-bond acceptors (Lipinski definition) is 2. The Morgan fingerprint density at radius 2 is 1.63 bits per heavy atom. The molecular weight excluding hydrogens is 374 g/mol. The number of carbonyl (C=O) groups excluding carboxylic acids is 2. The van der Waals surface area contributed by atoms with Crippen molar-refractivity contribution in [3.63, 3.8) is 0 Å². The average molecular weight is 411 g/mol. The molecule has 3 N–H and O–H groups in total. The Bertz CT molecular complexity index is 841. The number of quaternary nitrogens is 1. The number of carbonyl (C=O) groups is 2. The lowest BCUT2D eigenvalue weighted by Gasteiger charge is -2.24. The fourth-order valence-electron chi connectivity index (χ4n) is 3.78. The van der Waals surface area contributed by atoms with Gasteiger partial charge < -0.3 is 15.5 Å². The molecule has 0 spiro atoms. The molecule has 0 aliphatic carbocycles. The second-order valence-electron chi connectivity index (χ2n) is 8.33. The molecule has 5 nitrogen and oxygen atoms in total. The molecule has 0 aliphatic rings. The number of rotatable bonds is 9. The highest BCUT2D eigenvalue weighted by Gasteiger charge is 2.26. The highest BCUT2D eigenvalue weighted by molar-refractivity contribution is 5.93. The Balaban J connectivity index is 1.98. The highest BCUT2D eigenvalue weighted by Crippen LogP contribution is 2.21. The molecule has 0 radical (unpaired) electrons. The fourth-order valence-corrected chi connectivity index (χ4v) is 3.78. The summed E-state index contributed by atoms with van der Waals surface area (Å²) in [6.07, 6.45) is 1.86. The quantitative estimate of drug-likeness (QED) is 0.595. The van der Waals surface area contributed by atoms with Crippen molar-refractivity contribution < 1.29 is 14.5 Å². The number of aryl methyl sites for hydroxylation is 3. The molecule has 0 fully saturated rings. The highest BCUT2D eigenvalue weighted by atomic mass is 16.2. The first-order chi connectivity index (χ1) is 14.2. The maximum absolute atomic E-state index is 12.9. The predicted octanol–water partition coefficient (Wildman–Crippen LogP) is 3.11. The Hall–Kier alpha value is -2.66. The molecule has 0 bridgehead atoms. The third-order valence-electron chi connectivity index (χ3n) is 5.61. The molecule has 0 aliphatic heterocycles. The van der Waals surface area contributed by atoms with Crippen molar-refractivity contribution in [2.45, 2.75) is 59.5 Å². The monoisotopic (exact) mass is 410 g/mol. The van der Waals surface area contributed by atoms with Gasteiger partial charge in [-0.3, -0.25) is 9.59 Å². The van der Waals surface area contributed by atoms with E-state index in [1.54, 1.807) is 0 Å². The van der Waals surface area contributed by atoms with Gasteiger partial charge in [-0.05, 0) is 50.8 Å². The van der Waals surface area contributed by atoms with E-state index in [0.717, 1.165) is 40.1 Å². The van der Waals surface area contributed by atoms with E-state index in [1.807, 2.05) is 65.1 Å². The lowest BCUT2D eigenvalue weighted by atomic mass is 10.0. The lowest BCUT2D eigenvalue weighted by molar-refractivity contribution is -0.885. The summed E-state index contributed by atoms with van der Waals surface area (Å²) in [5.74, 6) is -0.124. The number of hydrogen-bond donors (Lipinski definition) is 3. The summed E-state index contributed by atoms with van der Waals surface area (Å²) < 4.78 is 0. The fraction of sp³-hybridized carbons (Fsp3) is 0.440. The van der Waals surface area contributed by atoms with Crippen LogP contribution in [0.25, 0.3) is 0 Å². The standard InChI is InChI=1S/C25H35N3O2/c1-7-11-22(21-12-9-8-10-13-21)26-25(30)20(5)28(6)16-23(29)27-24-18(3)14-17(2)15-19(24)4/h8-10,12-15,20,22H,7,11,16H2,1-6H3,(H,26,30)(H,27,29)/p+1/t20-,22+/m0/s1. The van der Waals surface area contributed by atoms with Crippen LogP contribution in [0.1, 0.15) is 55.0 Å². The minimum absolute atomic E-state index is 0.00867. The van der Waals surface area contributed by atoms with Gasteiger partial charge in [-0.2, -0.15) is 0 Å². The molecule has 0 saturated heterocycles. The second kappa shape index (κ2) is 10.9. The summed E-state index contributed by atoms with van der Waals surface area (Å²) in [7, 11) is 1.88. The Morgan fingerprint density at radius 1 is 1.03 bits per heavy atom. The zero-order chi connectivity index (χ0) is 22.3. The van der Waals surface area contributed by atoms with Gasteiger partial charge in [0.15, 0.2) is 12.6 Å². The van der Waals surface area contributed by atoms with E-state index >= 15 is 0 Å². The molecule has 5 heteroatoms. The summed E-state index contributed by atoms with van der Waals surface area (Å²) in [5.41, 5.74) is 5.25. The molecule has 1 unspecified atom stereocenters. The summed E-state index contributed by atoms with van der Waals surface area (Å²) >= 11 is 0. The summed E-state index contributed by atoms with van der Waals surface area (Å²) in [6, 6.07) is 13.8. The predicted molar refractivity (Wildman–Crippen MR) is 123 cm³/mol. The number of likely N-dealkylation sites (N-methyl/N-ethyl adjacent to an activating group) is 1. The van der Waals surface area contributed by atoms with Gasteiger partial charge in [0, 0.05) is 5.69 Å². The molecule has 162 valence electrons. The smallest absolute Gasteiger partial charge is 0.279 e. The molecule has 0 saturated carbocycles. The third-order valence-corrected chi connectivity index (χ3v) is 5.61. The zero-order valence-electron chi connectivity index (χ0n) is 19.1. The van der Waals surface area contributed by atoms with Crippen LogP contribution in [0.3, 0.4) is 0 Å². The molecule has 3 atom stereocenters. The van der Waals surface area contributed by atoms with Crippen molar-refractivity contribution in [3.05, 3.63) is 64.7 Å². The van der Waals surface area contributed by atoms with Crippen LogP contribution in [0.2, 0.25) is 0 Å². The normalized spacial score (nSPS) is 13.9. The van der Waals surface area contributed by atoms with Gasteiger partial charge in [-0.25, -0.2) is 0 Å². The summed E-state index contributed by atoms with van der Waals surface area (Å²) in [4.78, 5) is 26.3. The van der Waals surface area contributed by atoms with Crippen LogP contribution < -0.4 is 15.5 Å². The first kappa shape index (κ1) is 23.6. The van der Waals surface area contributed by atoms with Crippen molar-refractivity contribution in [2.24, 2.45) is 0 Å². The Labute approximate surface area is 180 Å². The zero-order valence-corrected chi connectivity index (χ0v) is 19.1. The topological polar surface area (TPSA) is 62.6 Å². The second-order valence-corrected chi connectivity index (χ2v) is 8.33. The van der Waals surface area contributed by atoms with Gasteiger partial charge in [0.1, 0.15) is 0 Å². The van der Waals surface area contributed by atoms with E-state index in [2.05, 4.69) is 29.7 Å². The summed E-state index contributed by atoms with van der Waals surface area (Å²) in [6.45, 7) is 10.3.